The molecule has 0 bridgehead atoms. The summed E-state index contributed by atoms with van der Waals surface area (Å²) in [6.07, 6.45) is 0. The lowest BCUT2D eigenvalue weighted by Gasteiger charge is -2.05. The Labute approximate surface area is 159 Å². The number of nitrogens with zero attached hydrogens (tertiary/aromatic N) is 3. The molecule has 0 atom stereocenters. The first-order valence-corrected chi connectivity index (χ1v) is 9.36. The summed E-state index contributed by atoms with van der Waals surface area (Å²) in [7, 11) is 0. The number of fused-ring (bicyclic) bond motifs is 3. The van der Waals surface area contributed by atoms with Crippen LogP contribution < -0.4 is 0 Å². The minimum Gasteiger partial charge on any atom is -0.208 e. The molecule has 2 aromatic heterocycles. The summed E-state index contributed by atoms with van der Waals surface area (Å²) in [5.41, 5.74) is 1.85. The van der Waals surface area contributed by atoms with E-state index in [0.717, 1.165) is 11.1 Å². The summed E-state index contributed by atoms with van der Waals surface area (Å²) in [4.78, 5) is 13.2. The molecular weight excluding hydrogens is 362 g/mol. The highest BCUT2D eigenvalue weighted by Gasteiger charge is 2.11. The van der Waals surface area contributed by atoms with Crippen molar-refractivity contribution >= 4 is 43.1 Å². The number of aromatic nitrogens is 3. The number of hydrogen-bond donors (Lipinski definition) is 0. The number of benzene rings is 3. The number of hydrogen-bond acceptors (Lipinski definition) is 4. The van der Waals surface area contributed by atoms with E-state index in [1.165, 1.54) is 20.2 Å². The lowest BCUT2D eigenvalue weighted by Crippen LogP contribution is -1.96. The van der Waals surface area contributed by atoms with Crippen LogP contribution in [0.5, 0.6) is 0 Å². The second-order valence-electron chi connectivity index (χ2n) is 5.93. The molecule has 0 aliphatic heterocycles. The largest absolute Gasteiger partial charge is 0.226 e. The quantitative estimate of drug-likeness (QED) is 0.368. The van der Waals surface area contributed by atoms with E-state index in [0.29, 0.717) is 11.6 Å². The molecule has 0 saturated carbocycles. The summed E-state index contributed by atoms with van der Waals surface area (Å²) in [6.45, 7) is 0. The summed E-state index contributed by atoms with van der Waals surface area (Å²) in [5.74, 6) is 1.17. The molecule has 0 aliphatic rings. The maximum Gasteiger partial charge on any atom is 0.226 e. The second kappa shape index (κ2) is 6.16. The van der Waals surface area contributed by atoms with Gasteiger partial charge in [-0.1, -0.05) is 60.7 Å². The molecule has 0 saturated heterocycles. The molecule has 0 aliphatic carbocycles. The maximum atomic E-state index is 6.17. The van der Waals surface area contributed by atoms with Gasteiger partial charge in [0.2, 0.25) is 5.28 Å². The van der Waals surface area contributed by atoms with Gasteiger partial charge in [-0.25, -0.2) is 4.98 Å². The highest BCUT2D eigenvalue weighted by atomic mass is 35.5. The smallest absolute Gasteiger partial charge is 0.208 e. The van der Waals surface area contributed by atoms with Gasteiger partial charge in [0, 0.05) is 31.3 Å². The molecule has 5 aromatic rings. The van der Waals surface area contributed by atoms with Crippen LogP contribution >= 0.6 is 22.9 Å². The third-order valence-electron chi connectivity index (χ3n) is 4.28. The molecule has 5 rings (SSSR count). The van der Waals surface area contributed by atoms with Crippen molar-refractivity contribution in [2.24, 2.45) is 0 Å². The Kier molecular flexibility index (Phi) is 3.66. The average Bonchev–Trinajstić information content (AvgIpc) is 3.06. The fourth-order valence-corrected chi connectivity index (χ4v) is 4.37. The molecule has 3 nitrogen and oxygen atoms in total. The Morgan fingerprint density at radius 1 is 0.615 bits per heavy atom. The monoisotopic (exact) mass is 373 g/mol. The van der Waals surface area contributed by atoms with Crippen molar-refractivity contribution in [3.63, 3.8) is 0 Å². The molecule has 26 heavy (non-hydrogen) atoms. The van der Waals surface area contributed by atoms with Gasteiger partial charge < -0.3 is 0 Å². The Morgan fingerprint density at radius 3 is 2.15 bits per heavy atom. The first-order chi connectivity index (χ1) is 12.8. The molecule has 2 heterocycles. The van der Waals surface area contributed by atoms with Gasteiger partial charge in [-0.2, -0.15) is 9.97 Å². The van der Waals surface area contributed by atoms with Crippen molar-refractivity contribution in [2.75, 3.05) is 0 Å². The molecule has 0 radical (unpaired) electrons. The number of halogens is 1. The van der Waals surface area contributed by atoms with Gasteiger partial charge in [0.05, 0.1) is 0 Å². The molecule has 0 fully saturated rings. The summed E-state index contributed by atoms with van der Waals surface area (Å²) in [6, 6.07) is 24.5. The Hall–Kier alpha value is -2.82. The van der Waals surface area contributed by atoms with E-state index in [9.17, 15) is 0 Å². The normalized spacial score (nSPS) is 11.3. The third kappa shape index (κ3) is 2.64. The first-order valence-electron chi connectivity index (χ1n) is 8.16. The Balaban J connectivity index is 1.67. The summed E-state index contributed by atoms with van der Waals surface area (Å²) < 4.78 is 2.49. The van der Waals surface area contributed by atoms with Crippen LogP contribution in [0.25, 0.3) is 42.9 Å². The van der Waals surface area contributed by atoms with Crippen LogP contribution in [0.1, 0.15) is 0 Å². The average molecular weight is 374 g/mol. The van der Waals surface area contributed by atoms with Crippen LogP contribution in [0, 0.1) is 0 Å². The molecular formula is C21H12ClN3S. The van der Waals surface area contributed by atoms with Gasteiger partial charge in [-0.05, 0) is 23.7 Å². The molecule has 5 heteroatoms. The Bertz CT molecular complexity index is 1250. The standard InChI is InChI=1S/C21H12ClN3S/c22-21-24-19(13-6-2-1-3-7-13)23-20(25-21)14-10-11-16-15-8-4-5-9-17(15)26-18(16)12-14/h1-12H. The van der Waals surface area contributed by atoms with Crippen LogP contribution in [0.15, 0.2) is 72.8 Å². The van der Waals surface area contributed by atoms with Crippen molar-refractivity contribution in [3.8, 4) is 22.8 Å². The zero-order valence-corrected chi connectivity index (χ0v) is 15.1. The van der Waals surface area contributed by atoms with Gasteiger partial charge in [-0.15, -0.1) is 11.3 Å². The van der Waals surface area contributed by atoms with Crippen molar-refractivity contribution in [2.45, 2.75) is 0 Å². The van der Waals surface area contributed by atoms with E-state index in [-0.39, 0.29) is 5.28 Å². The fourth-order valence-electron chi connectivity index (χ4n) is 3.06. The van der Waals surface area contributed by atoms with E-state index in [4.69, 9.17) is 11.6 Å². The van der Waals surface area contributed by atoms with E-state index in [1.807, 2.05) is 36.4 Å². The highest BCUT2D eigenvalue weighted by Crippen LogP contribution is 2.35. The first kappa shape index (κ1) is 15.4. The highest BCUT2D eigenvalue weighted by molar-refractivity contribution is 7.25. The lowest BCUT2D eigenvalue weighted by atomic mass is 10.1. The molecule has 0 amide bonds. The fraction of sp³-hybridized carbons (Fsp3) is 0. The van der Waals surface area contributed by atoms with Crippen LogP contribution in [-0.2, 0) is 0 Å². The van der Waals surface area contributed by atoms with Gasteiger partial charge >= 0.3 is 0 Å². The molecule has 3 aromatic carbocycles. The van der Waals surface area contributed by atoms with Crippen LogP contribution in [-0.4, -0.2) is 15.0 Å². The zero-order valence-electron chi connectivity index (χ0n) is 13.6. The molecule has 0 spiro atoms. The van der Waals surface area contributed by atoms with E-state index >= 15 is 0 Å². The molecule has 0 unspecified atom stereocenters. The van der Waals surface area contributed by atoms with Crippen molar-refractivity contribution in [1.29, 1.82) is 0 Å². The molecule has 0 N–H and O–H groups in total. The zero-order chi connectivity index (χ0) is 17.5. The maximum absolute atomic E-state index is 6.17. The summed E-state index contributed by atoms with van der Waals surface area (Å²) >= 11 is 7.94. The van der Waals surface area contributed by atoms with E-state index < -0.39 is 0 Å². The number of rotatable bonds is 2. The number of thiophene rings is 1. The van der Waals surface area contributed by atoms with Crippen molar-refractivity contribution in [1.82, 2.24) is 15.0 Å². The Morgan fingerprint density at radius 2 is 1.31 bits per heavy atom. The predicted octanol–water partition coefficient (Wildman–Crippen LogP) is 6.23. The van der Waals surface area contributed by atoms with Crippen molar-refractivity contribution < 1.29 is 0 Å². The predicted molar refractivity (Wildman–Crippen MR) is 109 cm³/mol. The SMILES string of the molecule is Clc1nc(-c2ccccc2)nc(-c2ccc3c(c2)sc2ccccc23)n1. The van der Waals surface area contributed by atoms with Gasteiger partial charge in [0.25, 0.3) is 0 Å². The van der Waals surface area contributed by atoms with Crippen LogP contribution in [0.4, 0.5) is 0 Å². The van der Waals surface area contributed by atoms with Crippen LogP contribution in [0.2, 0.25) is 5.28 Å². The molecule has 124 valence electrons. The van der Waals surface area contributed by atoms with Gasteiger partial charge in [-0.3, -0.25) is 0 Å². The summed E-state index contributed by atoms with van der Waals surface area (Å²) in [5, 5.41) is 2.72. The van der Waals surface area contributed by atoms with Gasteiger partial charge in [0.1, 0.15) is 0 Å². The second-order valence-corrected chi connectivity index (χ2v) is 7.35. The third-order valence-corrected chi connectivity index (χ3v) is 5.58. The minimum atomic E-state index is 0.199. The van der Waals surface area contributed by atoms with E-state index in [2.05, 4.69) is 51.4 Å². The topological polar surface area (TPSA) is 38.7 Å². The lowest BCUT2D eigenvalue weighted by molar-refractivity contribution is 1.07. The van der Waals surface area contributed by atoms with Crippen LogP contribution in [0.3, 0.4) is 0 Å². The van der Waals surface area contributed by atoms with Crippen molar-refractivity contribution in [3.05, 3.63) is 78.1 Å². The van der Waals surface area contributed by atoms with Gasteiger partial charge in [0.15, 0.2) is 11.6 Å². The van der Waals surface area contributed by atoms with E-state index in [1.54, 1.807) is 11.3 Å². The minimum absolute atomic E-state index is 0.199.